The Bertz CT molecular complexity index is 1690. The van der Waals surface area contributed by atoms with Gasteiger partial charge in [-0.1, -0.05) is 55.1 Å². The van der Waals surface area contributed by atoms with Crippen molar-refractivity contribution in [3.8, 4) is 5.75 Å². The van der Waals surface area contributed by atoms with Gasteiger partial charge in [0.05, 0.1) is 32.9 Å². The van der Waals surface area contributed by atoms with E-state index in [1.807, 2.05) is 0 Å². The molecule has 1 aliphatic carbocycles. The molecule has 45 heavy (non-hydrogen) atoms. The van der Waals surface area contributed by atoms with Crippen LogP contribution in [0.15, 0.2) is 66.7 Å². The number of amides is 3. The van der Waals surface area contributed by atoms with Crippen molar-refractivity contribution in [3.63, 3.8) is 0 Å². The highest BCUT2D eigenvalue weighted by molar-refractivity contribution is 9.12. The molecule has 3 aromatic carbocycles. The molecule has 1 heterocycles. The highest BCUT2D eigenvalue weighted by Crippen LogP contribution is 2.44. The first kappa shape index (κ1) is 32.7. The van der Waals surface area contributed by atoms with Crippen molar-refractivity contribution in [3.05, 3.63) is 104 Å². The zero-order chi connectivity index (χ0) is 32.6. The van der Waals surface area contributed by atoms with Crippen molar-refractivity contribution < 1.29 is 33.6 Å². The number of alkyl halides is 2. The number of imide groups is 1. The minimum atomic E-state index is -0.843. The molecule has 5 rings (SSSR count). The molecule has 1 aliphatic heterocycles. The first-order valence-electron chi connectivity index (χ1n) is 13.4. The summed E-state index contributed by atoms with van der Waals surface area (Å²) in [5.41, 5.74) is -0.0676. The second kappa shape index (κ2) is 13.4. The van der Waals surface area contributed by atoms with Crippen molar-refractivity contribution in [2.24, 2.45) is 11.8 Å². The summed E-state index contributed by atoms with van der Waals surface area (Å²) in [6, 6.07) is 14.4. The van der Waals surface area contributed by atoms with Gasteiger partial charge in [0.2, 0.25) is 0 Å². The van der Waals surface area contributed by atoms with Gasteiger partial charge in [0.25, 0.3) is 23.4 Å². The summed E-state index contributed by atoms with van der Waals surface area (Å²) in [6.45, 7) is -0.674. The van der Waals surface area contributed by atoms with Crippen LogP contribution in [0, 0.1) is 22.0 Å². The summed E-state index contributed by atoms with van der Waals surface area (Å²) < 4.78 is 5.30. The van der Waals surface area contributed by atoms with E-state index in [1.165, 1.54) is 66.7 Å². The number of hydrogen-bond acceptors (Lipinski definition) is 8. The van der Waals surface area contributed by atoms with E-state index in [0.29, 0.717) is 12.8 Å². The average molecular weight is 782 g/mol. The first-order valence-corrected chi connectivity index (χ1v) is 16.0. The second-order valence-electron chi connectivity index (χ2n) is 10.3. The van der Waals surface area contributed by atoms with Gasteiger partial charge >= 0.3 is 5.97 Å². The number of benzene rings is 3. The third-order valence-corrected chi connectivity index (χ3v) is 10.8. The van der Waals surface area contributed by atoms with Crippen molar-refractivity contribution in [2.45, 2.75) is 22.5 Å². The Hall–Kier alpha value is -3.65. The van der Waals surface area contributed by atoms with E-state index in [9.17, 15) is 34.1 Å². The molecule has 1 saturated heterocycles. The number of hydrogen-bond donors (Lipinski definition) is 0. The number of hydrazine groups is 1. The molecule has 0 bridgehead atoms. The normalized spacial score (nSPS) is 20.8. The Morgan fingerprint density at radius 1 is 0.889 bits per heavy atom. The molecule has 4 atom stereocenters. The van der Waals surface area contributed by atoms with Crippen LogP contribution in [0.25, 0.3) is 0 Å². The van der Waals surface area contributed by atoms with Gasteiger partial charge in [0, 0.05) is 32.4 Å². The number of ketones is 1. The number of fused-ring (bicyclic) bond motifs is 1. The number of ether oxygens (including phenoxy) is 1. The van der Waals surface area contributed by atoms with Gasteiger partial charge in [0.15, 0.2) is 5.78 Å². The monoisotopic (exact) mass is 779 g/mol. The summed E-state index contributed by atoms with van der Waals surface area (Å²) in [6.07, 6.45) is 0.721. The van der Waals surface area contributed by atoms with Crippen LogP contribution in [0.1, 0.15) is 43.9 Å². The Balaban J connectivity index is 1.38. The number of nitro benzene ring substituents is 1. The third-order valence-electron chi connectivity index (χ3n) is 7.52. The van der Waals surface area contributed by atoms with E-state index < -0.39 is 52.8 Å². The second-order valence-corrected chi connectivity index (χ2v) is 13.5. The molecule has 0 spiro atoms. The summed E-state index contributed by atoms with van der Waals surface area (Å²) in [5.74, 6) is -4.68. The molecule has 0 N–H and O–H groups in total. The summed E-state index contributed by atoms with van der Waals surface area (Å²) in [4.78, 5) is 77.0. The maximum atomic E-state index is 13.8. The Labute approximate surface area is 282 Å². The fraction of sp³-hybridized carbons (Fsp3) is 0.233. The van der Waals surface area contributed by atoms with E-state index in [-0.39, 0.29) is 47.8 Å². The summed E-state index contributed by atoms with van der Waals surface area (Å²) in [7, 11) is 0. The van der Waals surface area contributed by atoms with Gasteiger partial charge in [-0.15, -0.1) is 0 Å². The highest BCUT2D eigenvalue weighted by Gasteiger charge is 2.55. The maximum absolute atomic E-state index is 13.8. The van der Waals surface area contributed by atoms with Gasteiger partial charge in [0.1, 0.15) is 12.3 Å². The third kappa shape index (κ3) is 6.81. The van der Waals surface area contributed by atoms with Crippen LogP contribution >= 0.6 is 55.1 Å². The van der Waals surface area contributed by atoms with Crippen LogP contribution in [0.3, 0.4) is 0 Å². The predicted molar refractivity (Wildman–Crippen MR) is 170 cm³/mol. The lowest BCUT2D eigenvalue weighted by atomic mass is 9.81. The van der Waals surface area contributed by atoms with E-state index in [4.69, 9.17) is 27.9 Å². The Morgan fingerprint density at radius 2 is 1.44 bits per heavy atom. The Kier molecular flexibility index (Phi) is 9.73. The molecule has 2 aliphatic rings. The number of rotatable bonds is 8. The molecular weight excluding hydrogens is 761 g/mol. The minimum Gasteiger partial charge on any atom is -0.423 e. The van der Waals surface area contributed by atoms with Gasteiger partial charge in [-0.2, -0.15) is 5.01 Å². The van der Waals surface area contributed by atoms with Crippen LogP contribution in [0.5, 0.6) is 5.75 Å². The molecule has 0 unspecified atom stereocenters. The van der Waals surface area contributed by atoms with Gasteiger partial charge in [-0.3, -0.25) is 29.3 Å². The van der Waals surface area contributed by atoms with Crippen LogP contribution in [-0.2, 0) is 9.59 Å². The average Bonchev–Trinajstić information content (AvgIpc) is 3.24. The van der Waals surface area contributed by atoms with Gasteiger partial charge in [-0.25, -0.2) is 9.80 Å². The van der Waals surface area contributed by atoms with Crippen LogP contribution in [0.2, 0.25) is 10.0 Å². The topological polar surface area (TPSA) is 144 Å². The first-order chi connectivity index (χ1) is 21.3. The summed E-state index contributed by atoms with van der Waals surface area (Å²) in [5, 5.41) is 12.7. The van der Waals surface area contributed by atoms with Crippen molar-refractivity contribution >= 4 is 90.2 Å². The maximum Gasteiger partial charge on any atom is 0.343 e. The van der Waals surface area contributed by atoms with Crippen LogP contribution < -0.4 is 4.74 Å². The van der Waals surface area contributed by atoms with Gasteiger partial charge in [-0.05, 0) is 67.4 Å². The molecule has 0 radical (unpaired) electrons. The standard InChI is InChI=1S/C30H21Br2Cl2N3O8/c31-23-12-21-22(13-24(23)32)29(41)36(28(21)40)35(27(39)20-10-5-17(33)11-25(20)34)14-26(38)15-3-8-19(9-4-15)45-30(42)16-1-6-18(7-2-16)37(43)44/h1-11,21-24H,12-14H2/t21-,22-,23+,24+/m1/s1. The smallest absolute Gasteiger partial charge is 0.343 e. The fourth-order valence-corrected chi connectivity index (χ4v) is 6.90. The Morgan fingerprint density at radius 3 is 1.98 bits per heavy atom. The van der Waals surface area contributed by atoms with Crippen molar-refractivity contribution in [2.75, 3.05) is 6.54 Å². The number of carbonyl (C=O) groups excluding carboxylic acids is 5. The zero-order valence-corrected chi connectivity index (χ0v) is 27.6. The molecule has 15 heteroatoms. The van der Waals surface area contributed by atoms with E-state index in [2.05, 4.69) is 31.9 Å². The quantitative estimate of drug-likeness (QED) is 0.0494. The highest BCUT2D eigenvalue weighted by atomic mass is 79.9. The number of halogens is 4. The minimum absolute atomic E-state index is 0.0262. The molecule has 2 fully saturated rings. The summed E-state index contributed by atoms with van der Waals surface area (Å²) >= 11 is 19.4. The number of non-ortho nitro benzene ring substituents is 1. The molecule has 3 aromatic rings. The molecule has 0 aromatic heterocycles. The number of carbonyl (C=O) groups is 5. The van der Waals surface area contributed by atoms with E-state index >= 15 is 0 Å². The fourth-order valence-electron chi connectivity index (χ4n) is 5.17. The molecule has 232 valence electrons. The van der Waals surface area contributed by atoms with Crippen LogP contribution in [-0.4, -0.2) is 60.6 Å². The lowest BCUT2D eigenvalue weighted by Gasteiger charge is -2.30. The molecule has 3 amide bonds. The molecular formula is C30H21Br2Cl2N3O8. The van der Waals surface area contributed by atoms with Crippen molar-refractivity contribution in [1.82, 2.24) is 10.0 Å². The zero-order valence-electron chi connectivity index (χ0n) is 22.9. The number of esters is 1. The SMILES string of the molecule is O=C(CN(C(=O)c1ccc(Cl)cc1Cl)N1C(=O)[C@@H]2C[C@H](Br)[C@@H](Br)C[C@H]2C1=O)c1ccc(OC(=O)c2ccc([N+](=O)[O-])cc2)cc1. The van der Waals surface area contributed by atoms with E-state index in [0.717, 1.165) is 10.0 Å². The van der Waals surface area contributed by atoms with Crippen molar-refractivity contribution in [1.29, 1.82) is 0 Å². The predicted octanol–water partition coefficient (Wildman–Crippen LogP) is 6.28. The molecule has 1 saturated carbocycles. The van der Waals surface area contributed by atoms with Gasteiger partial charge < -0.3 is 4.74 Å². The number of nitro groups is 1. The lowest BCUT2D eigenvalue weighted by molar-refractivity contribution is -0.384. The van der Waals surface area contributed by atoms with Crippen LogP contribution in [0.4, 0.5) is 5.69 Å². The molecule has 11 nitrogen and oxygen atoms in total. The number of Topliss-reactive ketones (excluding diaryl/α,β-unsaturated/α-hetero) is 1. The van der Waals surface area contributed by atoms with E-state index in [1.54, 1.807) is 0 Å². The lowest BCUT2D eigenvalue weighted by Crippen LogP contribution is -2.52. The number of nitrogens with zero attached hydrogens (tertiary/aromatic N) is 3. The largest absolute Gasteiger partial charge is 0.423 e.